The van der Waals surface area contributed by atoms with Crippen molar-refractivity contribution in [1.82, 2.24) is 10.3 Å². The zero-order chi connectivity index (χ0) is 13.9. The van der Waals surface area contributed by atoms with Gasteiger partial charge in [0.2, 0.25) is 0 Å². The van der Waals surface area contributed by atoms with Crippen LogP contribution < -0.4 is 10.2 Å². The minimum Gasteiger partial charge on any atom is -0.364 e. The second-order valence-electron chi connectivity index (χ2n) is 5.76. The summed E-state index contributed by atoms with van der Waals surface area (Å²) in [5.41, 5.74) is 0.830. The van der Waals surface area contributed by atoms with Gasteiger partial charge in [0.25, 0.3) is 0 Å². The monoisotopic (exact) mass is 276 g/mol. The van der Waals surface area contributed by atoms with Crippen LogP contribution >= 0.6 is 0 Å². The Kier molecular flexibility index (Phi) is 3.82. The minimum absolute atomic E-state index is 0.117. The van der Waals surface area contributed by atoms with E-state index in [1.165, 1.54) is 25.5 Å². The number of hydrogen-bond acceptors (Lipinski definition) is 5. The summed E-state index contributed by atoms with van der Waals surface area (Å²) >= 11 is 0. The first-order valence-corrected chi connectivity index (χ1v) is 7.31. The van der Waals surface area contributed by atoms with E-state index in [1.54, 1.807) is 12.3 Å². The Labute approximate surface area is 118 Å². The molecule has 0 bridgehead atoms. The predicted molar refractivity (Wildman–Crippen MR) is 76.9 cm³/mol. The maximum Gasteiger partial charge on any atom is 0.310 e. The van der Waals surface area contributed by atoms with Gasteiger partial charge in [0.1, 0.15) is 11.9 Å². The first kappa shape index (κ1) is 13.3. The molecule has 6 heteroatoms. The van der Waals surface area contributed by atoms with Crippen LogP contribution in [0.2, 0.25) is 0 Å². The molecule has 1 saturated heterocycles. The number of nitrogens with zero attached hydrogens (tertiary/aromatic N) is 3. The van der Waals surface area contributed by atoms with Gasteiger partial charge in [-0.05, 0) is 44.2 Å². The van der Waals surface area contributed by atoms with Gasteiger partial charge in [-0.15, -0.1) is 0 Å². The molecule has 1 aliphatic carbocycles. The van der Waals surface area contributed by atoms with Crippen molar-refractivity contribution in [3.05, 3.63) is 28.6 Å². The Bertz CT molecular complexity index is 484. The molecule has 2 heterocycles. The summed E-state index contributed by atoms with van der Waals surface area (Å²) in [5.74, 6) is 0.698. The van der Waals surface area contributed by atoms with Gasteiger partial charge in [0.15, 0.2) is 0 Å². The van der Waals surface area contributed by atoms with E-state index < -0.39 is 0 Å². The van der Waals surface area contributed by atoms with Crippen LogP contribution in [0.25, 0.3) is 0 Å². The largest absolute Gasteiger partial charge is 0.364 e. The Morgan fingerprint density at radius 1 is 1.40 bits per heavy atom. The summed E-state index contributed by atoms with van der Waals surface area (Å²) in [6.07, 6.45) is 7.84. The van der Waals surface area contributed by atoms with Crippen LogP contribution in [-0.2, 0) is 0 Å². The molecule has 1 aliphatic heterocycles. The highest BCUT2D eigenvalue weighted by Gasteiger charge is 2.29. The lowest BCUT2D eigenvalue weighted by Crippen LogP contribution is -2.39. The molecule has 0 radical (unpaired) electrons. The first-order chi connectivity index (χ1) is 9.74. The molecule has 1 saturated carbocycles. The standard InChI is InChI=1S/C14H20N4O2/c19-18(20)14-8-15-7-5-13(14)17(9-11-3-4-11)10-12-2-1-6-16-12/h5,7-8,11-12,16H,1-4,6,9-10H2. The zero-order valence-corrected chi connectivity index (χ0v) is 11.5. The zero-order valence-electron chi connectivity index (χ0n) is 11.5. The number of anilines is 1. The molecule has 0 spiro atoms. The maximum absolute atomic E-state index is 11.2. The number of hydrogen-bond donors (Lipinski definition) is 1. The van der Waals surface area contributed by atoms with Gasteiger partial charge >= 0.3 is 5.69 Å². The van der Waals surface area contributed by atoms with Crippen LogP contribution in [0.5, 0.6) is 0 Å². The van der Waals surface area contributed by atoms with Gasteiger partial charge in [-0.1, -0.05) is 0 Å². The number of aromatic nitrogens is 1. The van der Waals surface area contributed by atoms with Crippen LogP contribution in [0.15, 0.2) is 18.5 Å². The Morgan fingerprint density at radius 3 is 2.90 bits per heavy atom. The van der Waals surface area contributed by atoms with Crippen LogP contribution in [0.3, 0.4) is 0 Å². The van der Waals surface area contributed by atoms with Crippen molar-refractivity contribution in [2.24, 2.45) is 5.92 Å². The maximum atomic E-state index is 11.2. The van der Waals surface area contributed by atoms with E-state index in [0.29, 0.717) is 17.6 Å². The summed E-state index contributed by atoms with van der Waals surface area (Å²) in [6.45, 7) is 2.82. The lowest BCUT2D eigenvalue weighted by atomic mass is 10.2. The fraction of sp³-hybridized carbons (Fsp3) is 0.643. The summed E-state index contributed by atoms with van der Waals surface area (Å²) in [4.78, 5) is 16.9. The molecule has 1 aromatic heterocycles. The van der Waals surface area contributed by atoms with E-state index in [-0.39, 0.29) is 10.6 Å². The van der Waals surface area contributed by atoms with Gasteiger partial charge in [0.05, 0.1) is 4.92 Å². The minimum atomic E-state index is -0.329. The second kappa shape index (κ2) is 5.75. The van der Waals surface area contributed by atoms with E-state index in [2.05, 4.69) is 15.2 Å². The van der Waals surface area contributed by atoms with Crippen molar-refractivity contribution in [2.75, 3.05) is 24.5 Å². The summed E-state index contributed by atoms with van der Waals surface area (Å²) in [7, 11) is 0. The highest BCUT2D eigenvalue weighted by Crippen LogP contribution is 2.34. The molecule has 1 N–H and O–H groups in total. The SMILES string of the molecule is O=[N+]([O-])c1cnccc1N(CC1CC1)CC1CCCN1. The number of nitrogens with one attached hydrogen (secondary N) is 1. The summed E-state index contributed by atoms with van der Waals surface area (Å²) in [6, 6.07) is 2.22. The van der Waals surface area contributed by atoms with Crippen LogP contribution in [-0.4, -0.2) is 35.6 Å². The van der Waals surface area contributed by atoms with Crippen molar-refractivity contribution >= 4 is 11.4 Å². The lowest BCUT2D eigenvalue weighted by molar-refractivity contribution is -0.384. The van der Waals surface area contributed by atoms with Crippen molar-refractivity contribution < 1.29 is 4.92 Å². The molecule has 0 aromatic carbocycles. The molecular weight excluding hydrogens is 256 g/mol. The highest BCUT2D eigenvalue weighted by molar-refractivity contribution is 5.61. The molecule has 20 heavy (non-hydrogen) atoms. The van der Waals surface area contributed by atoms with Crippen molar-refractivity contribution in [2.45, 2.75) is 31.7 Å². The molecule has 108 valence electrons. The van der Waals surface area contributed by atoms with E-state index in [9.17, 15) is 10.1 Å². The Balaban J connectivity index is 1.81. The van der Waals surface area contributed by atoms with E-state index in [4.69, 9.17) is 0 Å². The van der Waals surface area contributed by atoms with Gasteiger partial charge in [-0.3, -0.25) is 15.1 Å². The third kappa shape index (κ3) is 3.07. The van der Waals surface area contributed by atoms with Gasteiger partial charge < -0.3 is 10.2 Å². The molecule has 1 atom stereocenters. The van der Waals surface area contributed by atoms with Crippen LogP contribution in [0.1, 0.15) is 25.7 Å². The lowest BCUT2D eigenvalue weighted by Gasteiger charge is -2.27. The average molecular weight is 276 g/mol. The molecule has 6 nitrogen and oxygen atoms in total. The quantitative estimate of drug-likeness (QED) is 0.635. The fourth-order valence-corrected chi connectivity index (χ4v) is 2.85. The number of nitro groups is 1. The normalized spacial score (nSPS) is 21.9. The number of pyridine rings is 1. The van der Waals surface area contributed by atoms with Crippen molar-refractivity contribution in [3.8, 4) is 0 Å². The molecule has 1 unspecified atom stereocenters. The fourth-order valence-electron chi connectivity index (χ4n) is 2.85. The Morgan fingerprint density at radius 2 is 2.25 bits per heavy atom. The Hall–Kier alpha value is -1.69. The smallest absolute Gasteiger partial charge is 0.310 e. The summed E-state index contributed by atoms with van der Waals surface area (Å²) < 4.78 is 0. The van der Waals surface area contributed by atoms with Crippen molar-refractivity contribution in [3.63, 3.8) is 0 Å². The predicted octanol–water partition coefficient (Wildman–Crippen LogP) is 1.96. The molecule has 3 rings (SSSR count). The molecule has 2 aliphatic rings. The topological polar surface area (TPSA) is 71.3 Å². The van der Waals surface area contributed by atoms with Gasteiger partial charge in [-0.25, -0.2) is 0 Å². The molecular formula is C14H20N4O2. The number of rotatable bonds is 6. The second-order valence-corrected chi connectivity index (χ2v) is 5.76. The van der Waals surface area contributed by atoms with Gasteiger partial charge in [0, 0.05) is 25.3 Å². The highest BCUT2D eigenvalue weighted by atomic mass is 16.6. The third-order valence-electron chi connectivity index (χ3n) is 4.09. The molecule has 0 amide bonds. The van der Waals surface area contributed by atoms with Gasteiger partial charge in [-0.2, -0.15) is 0 Å². The van der Waals surface area contributed by atoms with Crippen molar-refractivity contribution in [1.29, 1.82) is 0 Å². The molecule has 2 fully saturated rings. The average Bonchev–Trinajstić information content (AvgIpc) is 3.12. The van der Waals surface area contributed by atoms with Crippen LogP contribution in [0, 0.1) is 16.0 Å². The van der Waals surface area contributed by atoms with E-state index in [1.807, 2.05) is 0 Å². The third-order valence-corrected chi connectivity index (χ3v) is 4.09. The van der Waals surface area contributed by atoms with E-state index >= 15 is 0 Å². The molecule has 1 aromatic rings. The van der Waals surface area contributed by atoms with Crippen LogP contribution in [0.4, 0.5) is 11.4 Å². The van der Waals surface area contributed by atoms with E-state index in [0.717, 1.165) is 26.1 Å². The first-order valence-electron chi connectivity index (χ1n) is 7.31. The summed E-state index contributed by atoms with van der Waals surface area (Å²) in [5, 5.41) is 14.7.